The molecule has 112 valence electrons. The molecule has 1 aromatic heterocycles. The molecule has 0 aliphatic heterocycles. The first kappa shape index (κ1) is 15.2. The highest BCUT2D eigenvalue weighted by Crippen LogP contribution is 2.11. The van der Waals surface area contributed by atoms with Crippen LogP contribution in [0.25, 0.3) is 5.69 Å². The van der Waals surface area contributed by atoms with Crippen LogP contribution in [-0.4, -0.2) is 32.8 Å². The highest BCUT2D eigenvalue weighted by Gasteiger charge is 2.17. The summed E-state index contributed by atoms with van der Waals surface area (Å²) in [5.74, 6) is -0.331. The zero-order chi connectivity index (χ0) is 15.9. The molecule has 1 heterocycles. The van der Waals surface area contributed by atoms with E-state index in [4.69, 9.17) is 15.7 Å². The molecule has 0 radical (unpaired) electrons. The van der Waals surface area contributed by atoms with Crippen LogP contribution in [0.2, 0.25) is 0 Å². The number of ether oxygens (including phenoxy) is 1. The van der Waals surface area contributed by atoms with Gasteiger partial charge in [-0.05, 0) is 29.5 Å². The first-order valence-electron chi connectivity index (χ1n) is 6.55. The summed E-state index contributed by atoms with van der Waals surface area (Å²) in [6.45, 7) is 1.82. The van der Waals surface area contributed by atoms with E-state index in [1.54, 1.807) is 13.0 Å². The third kappa shape index (κ3) is 3.27. The van der Waals surface area contributed by atoms with Crippen LogP contribution in [-0.2, 0) is 16.0 Å². The Bertz CT molecular complexity index is 729. The second kappa shape index (κ2) is 6.99. The molecule has 1 aromatic carbocycles. The fraction of sp³-hybridized carbons (Fsp3) is 0.214. The van der Waals surface area contributed by atoms with Gasteiger partial charge in [0.25, 0.3) is 0 Å². The third-order valence-electron chi connectivity index (χ3n) is 2.80. The summed E-state index contributed by atoms with van der Waals surface area (Å²) in [6.07, 6.45) is 0.0591. The lowest BCUT2D eigenvalue weighted by Crippen LogP contribution is -2.16. The van der Waals surface area contributed by atoms with Gasteiger partial charge >= 0.3 is 5.97 Å². The maximum Gasteiger partial charge on any atom is 0.350 e. The topological polar surface area (TPSA) is 120 Å². The summed E-state index contributed by atoms with van der Waals surface area (Å²) in [4.78, 5) is 11.7. The normalized spacial score (nSPS) is 11.5. The van der Waals surface area contributed by atoms with Crippen molar-refractivity contribution in [1.82, 2.24) is 20.2 Å². The molecule has 22 heavy (non-hydrogen) atoms. The number of carbonyl (C=O) groups excluding carboxylic acids is 1. The molecule has 0 unspecified atom stereocenters. The van der Waals surface area contributed by atoms with Gasteiger partial charge in [-0.2, -0.15) is 9.94 Å². The van der Waals surface area contributed by atoms with Crippen LogP contribution in [0.1, 0.15) is 12.7 Å². The highest BCUT2D eigenvalue weighted by atomic mass is 16.5. The average Bonchev–Trinajstić information content (AvgIpc) is 2.97. The zero-order valence-corrected chi connectivity index (χ0v) is 11.9. The molecule has 0 amide bonds. The van der Waals surface area contributed by atoms with Crippen molar-refractivity contribution >= 4 is 5.97 Å². The maximum atomic E-state index is 11.7. The summed E-state index contributed by atoms with van der Waals surface area (Å²) in [6, 6.07) is 11.0. The summed E-state index contributed by atoms with van der Waals surface area (Å²) in [7, 11) is 0. The summed E-state index contributed by atoms with van der Waals surface area (Å²) < 4.78 is 6.29. The lowest BCUT2D eigenvalue weighted by atomic mass is 10.1. The molecule has 8 nitrogen and oxygen atoms in total. The molecule has 0 saturated carbocycles. The zero-order valence-electron chi connectivity index (χ0n) is 11.9. The van der Waals surface area contributed by atoms with Crippen molar-refractivity contribution in [2.75, 3.05) is 6.61 Å². The maximum absolute atomic E-state index is 11.7. The van der Waals surface area contributed by atoms with Crippen LogP contribution >= 0.6 is 0 Å². The SMILES string of the molecule is CCOC(=O)/C(C#N)=C(\N)Cc1nnnn1-c1ccccc1. The molecule has 0 bridgehead atoms. The molecule has 2 aromatic rings. The van der Waals surface area contributed by atoms with Crippen molar-refractivity contribution in [2.45, 2.75) is 13.3 Å². The number of hydrogen-bond acceptors (Lipinski definition) is 7. The monoisotopic (exact) mass is 298 g/mol. The van der Waals surface area contributed by atoms with E-state index in [0.717, 1.165) is 5.69 Å². The largest absolute Gasteiger partial charge is 0.462 e. The Balaban J connectivity index is 2.30. The number of nitrogens with two attached hydrogens (primary N) is 1. The second-order valence-electron chi connectivity index (χ2n) is 4.25. The Kier molecular flexibility index (Phi) is 4.82. The summed E-state index contributed by atoms with van der Waals surface area (Å²) in [5, 5.41) is 20.4. The Morgan fingerprint density at radius 1 is 1.41 bits per heavy atom. The number of nitrogens with zero attached hydrogens (tertiary/aromatic N) is 5. The number of hydrogen-bond donors (Lipinski definition) is 1. The Hall–Kier alpha value is -3.21. The van der Waals surface area contributed by atoms with Crippen LogP contribution in [0.3, 0.4) is 0 Å². The number of tetrazole rings is 1. The minimum atomic E-state index is -0.749. The number of para-hydroxylation sites is 1. The van der Waals surface area contributed by atoms with Crippen molar-refractivity contribution < 1.29 is 9.53 Å². The van der Waals surface area contributed by atoms with Gasteiger partial charge in [-0.25, -0.2) is 4.79 Å². The molecule has 0 saturated heterocycles. The minimum Gasteiger partial charge on any atom is -0.462 e. The molecule has 0 spiro atoms. The minimum absolute atomic E-state index is 0.0591. The van der Waals surface area contributed by atoms with E-state index < -0.39 is 5.97 Å². The number of aromatic nitrogens is 4. The van der Waals surface area contributed by atoms with E-state index in [-0.39, 0.29) is 24.3 Å². The third-order valence-corrected chi connectivity index (χ3v) is 2.80. The highest BCUT2D eigenvalue weighted by molar-refractivity contribution is 5.93. The van der Waals surface area contributed by atoms with E-state index in [1.807, 2.05) is 30.3 Å². The van der Waals surface area contributed by atoms with Crippen LogP contribution in [0.15, 0.2) is 41.6 Å². The van der Waals surface area contributed by atoms with Gasteiger partial charge in [-0.3, -0.25) is 0 Å². The first-order valence-corrected chi connectivity index (χ1v) is 6.55. The number of benzene rings is 1. The van der Waals surface area contributed by atoms with Gasteiger partial charge in [0.2, 0.25) is 0 Å². The average molecular weight is 298 g/mol. The molecule has 0 fully saturated rings. The van der Waals surface area contributed by atoms with Crippen LogP contribution < -0.4 is 5.73 Å². The van der Waals surface area contributed by atoms with Gasteiger partial charge in [-0.15, -0.1) is 5.10 Å². The van der Waals surface area contributed by atoms with Gasteiger partial charge in [0.05, 0.1) is 18.7 Å². The fourth-order valence-corrected chi connectivity index (χ4v) is 1.80. The number of nitriles is 1. The van der Waals surface area contributed by atoms with Crippen LogP contribution in [0.4, 0.5) is 0 Å². The molecular formula is C14H14N6O2. The molecule has 0 atom stereocenters. The van der Waals surface area contributed by atoms with Crippen molar-refractivity contribution in [3.63, 3.8) is 0 Å². The van der Waals surface area contributed by atoms with E-state index >= 15 is 0 Å². The predicted molar refractivity (Wildman–Crippen MR) is 76.3 cm³/mol. The van der Waals surface area contributed by atoms with Gasteiger partial charge in [-0.1, -0.05) is 18.2 Å². The number of carbonyl (C=O) groups is 1. The fourth-order valence-electron chi connectivity index (χ4n) is 1.80. The van der Waals surface area contributed by atoms with Gasteiger partial charge in [0, 0.05) is 5.70 Å². The van der Waals surface area contributed by atoms with Gasteiger partial charge in [0.1, 0.15) is 6.07 Å². The number of allylic oxidation sites excluding steroid dienone is 1. The predicted octanol–water partition coefficient (Wildman–Crippen LogP) is 0.504. The summed E-state index contributed by atoms with van der Waals surface area (Å²) >= 11 is 0. The quantitative estimate of drug-likeness (QED) is 0.485. The second-order valence-corrected chi connectivity index (χ2v) is 4.25. The van der Waals surface area contributed by atoms with Crippen LogP contribution in [0, 0.1) is 11.3 Å². The molecule has 8 heteroatoms. The van der Waals surface area contributed by atoms with Crippen molar-refractivity contribution in [3.8, 4) is 11.8 Å². The number of rotatable bonds is 5. The Labute approximate surface area is 126 Å². The molecule has 0 aliphatic carbocycles. The van der Waals surface area contributed by atoms with Gasteiger partial charge < -0.3 is 10.5 Å². The standard InChI is InChI=1S/C14H14N6O2/c1-2-22-14(21)11(9-15)12(16)8-13-17-18-19-20(13)10-6-4-3-5-7-10/h3-7H,2,8,16H2,1H3/b12-11-. The Morgan fingerprint density at radius 2 is 2.14 bits per heavy atom. The van der Waals surface area contributed by atoms with Gasteiger partial charge in [0.15, 0.2) is 11.4 Å². The molecule has 0 aliphatic rings. The van der Waals surface area contributed by atoms with Crippen LogP contribution in [0.5, 0.6) is 0 Å². The van der Waals surface area contributed by atoms with Crippen molar-refractivity contribution in [1.29, 1.82) is 5.26 Å². The lowest BCUT2D eigenvalue weighted by molar-refractivity contribution is -0.138. The Morgan fingerprint density at radius 3 is 2.77 bits per heavy atom. The first-order chi connectivity index (χ1) is 10.7. The number of esters is 1. The van der Waals surface area contributed by atoms with Crippen molar-refractivity contribution in [2.24, 2.45) is 5.73 Å². The van der Waals surface area contributed by atoms with Crippen molar-refractivity contribution in [3.05, 3.63) is 47.4 Å². The molecule has 2 rings (SSSR count). The van der Waals surface area contributed by atoms with E-state index in [2.05, 4.69) is 15.5 Å². The lowest BCUT2D eigenvalue weighted by Gasteiger charge is -2.06. The smallest absolute Gasteiger partial charge is 0.350 e. The molecule has 2 N–H and O–H groups in total. The van der Waals surface area contributed by atoms with E-state index in [0.29, 0.717) is 5.82 Å². The summed E-state index contributed by atoms with van der Waals surface area (Å²) in [5.41, 5.74) is 6.43. The van der Waals surface area contributed by atoms with E-state index in [1.165, 1.54) is 4.68 Å². The van der Waals surface area contributed by atoms with E-state index in [9.17, 15) is 4.79 Å². The molecular weight excluding hydrogens is 284 g/mol.